The SMILES string of the molecule is c1ccc2c(c1)cc(C1C3C4CS413)c1ccccc12. The van der Waals surface area contributed by atoms with Crippen LogP contribution < -0.4 is 0 Å². The van der Waals surface area contributed by atoms with Gasteiger partial charge in [0, 0.05) is 15.7 Å². The maximum Gasteiger partial charge on any atom is 0.0268 e. The van der Waals surface area contributed by atoms with Gasteiger partial charge in [-0.15, -0.1) is 0 Å². The van der Waals surface area contributed by atoms with Gasteiger partial charge in [0.05, 0.1) is 0 Å². The molecule has 3 fully saturated rings. The minimum Gasteiger partial charge on any atom is -0.222 e. The van der Waals surface area contributed by atoms with E-state index in [1.807, 2.05) is 0 Å². The van der Waals surface area contributed by atoms with Crippen LogP contribution >= 0.6 is 10.0 Å². The minimum atomic E-state index is -0.0373. The van der Waals surface area contributed by atoms with Gasteiger partial charge in [-0.2, -0.15) is 0 Å². The first-order valence-corrected chi connectivity index (χ1v) is 9.08. The molecule has 19 heavy (non-hydrogen) atoms. The van der Waals surface area contributed by atoms with E-state index in [0.717, 1.165) is 10.5 Å². The standard InChI is InChI=1S/C18H14S/c1-2-6-12-11(5-1)9-15(14-8-4-3-7-13(12)14)17-18-16-10-19(16,17)18/h1-9,16-18H,10H2. The van der Waals surface area contributed by atoms with Crippen molar-refractivity contribution in [2.24, 2.45) is 0 Å². The second kappa shape index (κ2) is 2.69. The Kier molecular flexibility index (Phi) is 1.33. The molecule has 4 unspecified atom stereocenters. The van der Waals surface area contributed by atoms with Gasteiger partial charge < -0.3 is 0 Å². The van der Waals surface area contributed by atoms with E-state index in [1.54, 1.807) is 11.3 Å². The molecule has 0 bridgehead atoms. The summed E-state index contributed by atoms with van der Waals surface area (Å²) < 4.78 is 0. The summed E-state index contributed by atoms with van der Waals surface area (Å²) >= 11 is 0. The first kappa shape index (κ1) is 9.44. The second-order valence-electron chi connectivity index (χ2n) is 6.23. The van der Waals surface area contributed by atoms with Crippen LogP contribution in [0.25, 0.3) is 21.5 Å². The molecule has 1 spiro atoms. The van der Waals surface area contributed by atoms with Crippen LogP contribution in [0, 0.1) is 0 Å². The van der Waals surface area contributed by atoms with Crippen molar-refractivity contribution >= 4 is 31.6 Å². The van der Waals surface area contributed by atoms with Gasteiger partial charge in [-0.1, -0.05) is 48.5 Å². The molecule has 0 aromatic heterocycles. The maximum absolute atomic E-state index is 2.49. The van der Waals surface area contributed by atoms with Crippen LogP contribution in [-0.2, 0) is 0 Å². The summed E-state index contributed by atoms with van der Waals surface area (Å²) in [4.78, 5) is 0. The highest BCUT2D eigenvalue weighted by molar-refractivity contribution is 8.53. The monoisotopic (exact) mass is 262 g/mol. The van der Waals surface area contributed by atoms with Gasteiger partial charge >= 0.3 is 0 Å². The lowest BCUT2D eigenvalue weighted by molar-refractivity contribution is 0.974. The summed E-state index contributed by atoms with van der Waals surface area (Å²) in [6.07, 6.45) is 0. The molecule has 0 saturated carbocycles. The highest BCUT2D eigenvalue weighted by Gasteiger charge is 2.94. The summed E-state index contributed by atoms with van der Waals surface area (Å²) in [7, 11) is -0.0373. The summed E-state index contributed by atoms with van der Waals surface area (Å²) in [5.41, 5.74) is 1.67. The summed E-state index contributed by atoms with van der Waals surface area (Å²) in [5, 5.41) is 9.15. The largest absolute Gasteiger partial charge is 0.222 e. The van der Waals surface area contributed by atoms with E-state index < -0.39 is 0 Å². The van der Waals surface area contributed by atoms with Gasteiger partial charge in [0.25, 0.3) is 0 Å². The summed E-state index contributed by atoms with van der Waals surface area (Å²) in [5.74, 6) is 1.60. The predicted octanol–water partition coefficient (Wildman–Crippen LogP) is 4.62. The molecule has 3 aliphatic heterocycles. The molecule has 3 aromatic rings. The van der Waals surface area contributed by atoms with Gasteiger partial charge in [0.15, 0.2) is 0 Å². The highest BCUT2D eigenvalue weighted by atomic mass is 32.3. The van der Waals surface area contributed by atoms with Crippen molar-refractivity contribution in [3.63, 3.8) is 0 Å². The minimum absolute atomic E-state index is 0.0373. The van der Waals surface area contributed by atoms with Gasteiger partial charge in [-0.05, 0) is 38.9 Å². The van der Waals surface area contributed by atoms with Crippen molar-refractivity contribution in [2.75, 3.05) is 5.75 Å². The van der Waals surface area contributed by atoms with E-state index >= 15 is 0 Å². The average molecular weight is 262 g/mol. The molecule has 3 saturated heterocycles. The van der Waals surface area contributed by atoms with E-state index in [0.29, 0.717) is 0 Å². The molecule has 3 heterocycles. The number of rotatable bonds is 1. The zero-order valence-electron chi connectivity index (χ0n) is 10.5. The van der Waals surface area contributed by atoms with Crippen LogP contribution in [0.4, 0.5) is 0 Å². The lowest BCUT2D eigenvalue weighted by Crippen LogP contribution is -1.95. The molecule has 0 amide bonds. The molecule has 3 aromatic carbocycles. The molecule has 1 heteroatoms. The fraction of sp³-hybridized carbons (Fsp3) is 0.222. The lowest BCUT2D eigenvalue weighted by Gasteiger charge is -2.12. The predicted molar refractivity (Wildman–Crippen MR) is 84.2 cm³/mol. The fourth-order valence-corrected chi connectivity index (χ4v) is 9.42. The first-order valence-electron chi connectivity index (χ1n) is 7.09. The Balaban J connectivity index is 1.75. The van der Waals surface area contributed by atoms with Crippen LogP contribution in [0.3, 0.4) is 0 Å². The van der Waals surface area contributed by atoms with Crippen molar-refractivity contribution in [2.45, 2.75) is 15.7 Å². The van der Waals surface area contributed by atoms with E-state index in [9.17, 15) is 0 Å². The molecule has 6 rings (SSSR count). The van der Waals surface area contributed by atoms with Gasteiger partial charge in [-0.25, -0.2) is 10.0 Å². The third-order valence-electron chi connectivity index (χ3n) is 5.50. The normalized spacial score (nSPS) is 40.3. The van der Waals surface area contributed by atoms with Gasteiger partial charge in [-0.3, -0.25) is 0 Å². The summed E-state index contributed by atoms with van der Waals surface area (Å²) in [6, 6.07) is 20.4. The molecular formula is C18H14S. The Labute approximate surface area is 113 Å². The Bertz CT molecular complexity index is 881. The smallest absolute Gasteiger partial charge is 0.0268 e. The molecule has 0 N–H and O–H groups in total. The molecule has 92 valence electrons. The van der Waals surface area contributed by atoms with Crippen molar-refractivity contribution in [1.82, 2.24) is 0 Å². The van der Waals surface area contributed by atoms with Crippen molar-refractivity contribution in [1.29, 1.82) is 0 Å². The number of fused-ring (bicyclic) bond motifs is 4. The van der Waals surface area contributed by atoms with Gasteiger partial charge in [0.2, 0.25) is 0 Å². The Morgan fingerprint density at radius 2 is 1.53 bits per heavy atom. The van der Waals surface area contributed by atoms with E-state index in [4.69, 9.17) is 0 Å². The third-order valence-corrected chi connectivity index (χ3v) is 10.1. The molecule has 0 aliphatic carbocycles. The van der Waals surface area contributed by atoms with Crippen LogP contribution in [0.5, 0.6) is 0 Å². The molecule has 3 aliphatic rings. The summed E-state index contributed by atoms with van der Waals surface area (Å²) in [6.45, 7) is 0. The highest BCUT2D eigenvalue weighted by Crippen LogP contribution is 3.14. The number of benzene rings is 3. The first-order chi connectivity index (χ1) is 9.41. The number of hydrogen-bond acceptors (Lipinski definition) is 0. The molecular weight excluding hydrogens is 248 g/mol. The van der Waals surface area contributed by atoms with Gasteiger partial charge in [0.1, 0.15) is 0 Å². The van der Waals surface area contributed by atoms with Crippen molar-refractivity contribution in [3.05, 3.63) is 60.2 Å². The zero-order chi connectivity index (χ0) is 12.2. The van der Waals surface area contributed by atoms with E-state index in [-0.39, 0.29) is 10.0 Å². The zero-order valence-corrected chi connectivity index (χ0v) is 11.4. The maximum atomic E-state index is 2.49. The quantitative estimate of drug-likeness (QED) is 0.443. The molecule has 0 nitrogen and oxygen atoms in total. The second-order valence-corrected chi connectivity index (χ2v) is 10.0. The third kappa shape index (κ3) is 0.922. The molecule has 0 radical (unpaired) electrons. The fourth-order valence-electron chi connectivity index (χ4n) is 4.29. The topological polar surface area (TPSA) is 0 Å². The van der Waals surface area contributed by atoms with E-state index in [1.165, 1.54) is 26.8 Å². The Morgan fingerprint density at radius 1 is 0.842 bits per heavy atom. The Hall–Kier alpha value is -1.47. The molecule has 4 atom stereocenters. The van der Waals surface area contributed by atoms with Crippen molar-refractivity contribution < 1.29 is 0 Å². The Morgan fingerprint density at radius 3 is 2.26 bits per heavy atom. The van der Waals surface area contributed by atoms with E-state index in [2.05, 4.69) is 54.6 Å². The van der Waals surface area contributed by atoms with Crippen LogP contribution in [0.2, 0.25) is 0 Å². The lowest BCUT2D eigenvalue weighted by atomic mass is 9.94. The van der Waals surface area contributed by atoms with Crippen LogP contribution in [0.15, 0.2) is 54.6 Å². The van der Waals surface area contributed by atoms with Crippen LogP contribution in [0.1, 0.15) is 10.8 Å². The number of hydrogen-bond donors (Lipinski definition) is 0. The average Bonchev–Trinajstić information content (AvgIpc) is 3.37. The van der Waals surface area contributed by atoms with Crippen molar-refractivity contribution in [3.8, 4) is 0 Å². The van der Waals surface area contributed by atoms with Crippen LogP contribution in [-0.4, -0.2) is 16.3 Å².